The van der Waals surface area contributed by atoms with E-state index in [1.54, 1.807) is 42.5 Å². The average molecular weight is 494 g/mol. The molecule has 3 aromatic rings. The number of carbonyl (C=O) groups is 3. The van der Waals surface area contributed by atoms with Crippen molar-refractivity contribution in [2.75, 3.05) is 18.1 Å². The summed E-state index contributed by atoms with van der Waals surface area (Å²) in [6.07, 6.45) is 7.90. The first-order chi connectivity index (χ1) is 17.6. The van der Waals surface area contributed by atoms with E-state index in [-0.39, 0.29) is 24.3 Å². The van der Waals surface area contributed by atoms with Gasteiger partial charge in [-0.3, -0.25) is 19.3 Å². The third-order valence-electron chi connectivity index (χ3n) is 6.11. The van der Waals surface area contributed by atoms with E-state index in [9.17, 15) is 14.4 Å². The molecule has 0 unspecified atom stereocenters. The predicted octanol–water partition coefficient (Wildman–Crippen LogP) is 4.22. The van der Waals surface area contributed by atoms with Crippen LogP contribution in [-0.4, -0.2) is 36.9 Å². The van der Waals surface area contributed by atoms with Crippen molar-refractivity contribution in [3.05, 3.63) is 72.6 Å². The minimum absolute atomic E-state index is 0.0413. The summed E-state index contributed by atoms with van der Waals surface area (Å²) in [6.45, 7) is 2.04. The summed E-state index contributed by atoms with van der Waals surface area (Å²) in [6, 6.07) is 12.3. The quantitative estimate of drug-likeness (QED) is 0.437. The van der Waals surface area contributed by atoms with Gasteiger partial charge in [-0.05, 0) is 68.3 Å². The lowest BCUT2D eigenvalue weighted by molar-refractivity contribution is -0.127. The molecule has 4 rings (SSSR count). The van der Waals surface area contributed by atoms with Crippen molar-refractivity contribution in [2.24, 2.45) is 0 Å². The number of anilines is 1. The van der Waals surface area contributed by atoms with Gasteiger partial charge in [0.05, 0.1) is 25.7 Å². The number of carbonyl (C=O) groups excluding carboxylic acids is 3. The molecule has 1 aliphatic carbocycles. The van der Waals surface area contributed by atoms with Crippen LogP contribution in [0.3, 0.4) is 0 Å². The zero-order valence-electron chi connectivity index (χ0n) is 20.3. The highest BCUT2D eigenvalue weighted by atomic mass is 16.5. The molecule has 0 aliphatic heterocycles. The van der Waals surface area contributed by atoms with Crippen LogP contribution in [0.15, 0.2) is 69.9 Å². The first-order valence-corrected chi connectivity index (χ1v) is 12.3. The van der Waals surface area contributed by atoms with Gasteiger partial charge in [-0.25, -0.2) is 0 Å². The lowest BCUT2D eigenvalue weighted by Crippen LogP contribution is -2.49. The Morgan fingerprint density at radius 1 is 1.00 bits per heavy atom. The van der Waals surface area contributed by atoms with Gasteiger partial charge in [-0.15, -0.1) is 0 Å². The van der Waals surface area contributed by atoms with Gasteiger partial charge in [0.1, 0.15) is 11.5 Å². The van der Waals surface area contributed by atoms with Crippen molar-refractivity contribution in [3.8, 4) is 5.75 Å². The van der Waals surface area contributed by atoms with E-state index in [0.717, 1.165) is 32.1 Å². The van der Waals surface area contributed by atoms with Gasteiger partial charge in [0.15, 0.2) is 11.8 Å². The van der Waals surface area contributed by atoms with Gasteiger partial charge in [0, 0.05) is 11.7 Å². The number of hydrogen-bond donors (Lipinski definition) is 2. The highest BCUT2D eigenvalue weighted by Gasteiger charge is 2.36. The number of nitrogens with one attached hydrogen (secondary N) is 2. The van der Waals surface area contributed by atoms with E-state index in [2.05, 4.69) is 10.6 Å². The average Bonchev–Trinajstić information content (AvgIpc) is 3.62. The number of benzene rings is 1. The highest BCUT2D eigenvalue weighted by Crippen LogP contribution is 2.30. The molecule has 0 saturated heterocycles. The Kier molecular flexibility index (Phi) is 8.44. The molecule has 9 nitrogen and oxygen atoms in total. The van der Waals surface area contributed by atoms with Crippen LogP contribution in [0, 0.1) is 0 Å². The van der Waals surface area contributed by atoms with Gasteiger partial charge >= 0.3 is 0 Å². The van der Waals surface area contributed by atoms with Gasteiger partial charge < -0.3 is 24.2 Å². The van der Waals surface area contributed by atoms with Crippen molar-refractivity contribution in [2.45, 2.75) is 51.1 Å². The molecule has 9 heteroatoms. The number of amides is 3. The largest absolute Gasteiger partial charge is 0.494 e. The standard InChI is InChI=1S/C27H31N3O6/c1-2-34-21-14-12-20(13-15-21)30(24(31)18-28-26(32)23-11-7-17-36-23)25(22-10-6-16-35-22)27(33)29-19-8-4-3-5-9-19/h6-7,10-17,19,25H,2-5,8-9,18H2,1H3,(H,28,32)(H,29,33)/t25-/m1/s1. The van der Waals surface area contributed by atoms with E-state index in [1.165, 1.54) is 23.5 Å². The molecule has 0 spiro atoms. The zero-order chi connectivity index (χ0) is 25.3. The molecule has 190 valence electrons. The molecule has 1 fully saturated rings. The fourth-order valence-electron chi connectivity index (χ4n) is 4.39. The van der Waals surface area contributed by atoms with Crippen LogP contribution in [0.4, 0.5) is 5.69 Å². The van der Waals surface area contributed by atoms with Crippen LogP contribution >= 0.6 is 0 Å². The Hall–Kier alpha value is -4.01. The molecule has 1 aliphatic rings. The molecule has 2 aromatic heterocycles. The normalized spacial score (nSPS) is 14.6. The zero-order valence-corrected chi connectivity index (χ0v) is 20.3. The van der Waals surface area contributed by atoms with Gasteiger partial charge in [0.2, 0.25) is 5.91 Å². The third kappa shape index (κ3) is 6.16. The molecule has 3 amide bonds. The second-order valence-corrected chi connectivity index (χ2v) is 8.61. The number of ether oxygens (including phenoxy) is 1. The maximum Gasteiger partial charge on any atom is 0.287 e. The Morgan fingerprint density at radius 3 is 2.36 bits per heavy atom. The molecule has 2 heterocycles. The fraction of sp³-hybridized carbons (Fsp3) is 0.370. The van der Waals surface area contributed by atoms with Crippen LogP contribution in [0.2, 0.25) is 0 Å². The van der Waals surface area contributed by atoms with E-state index in [1.807, 2.05) is 6.92 Å². The molecule has 2 N–H and O–H groups in total. The summed E-state index contributed by atoms with van der Waals surface area (Å²) in [5.74, 6) is -0.297. The van der Waals surface area contributed by atoms with Gasteiger partial charge in [0.25, 0.3) is 11.8 Å². The predicted molar refractivity (Wildman–Crippen MR) is 133 cm³/mol. The van der Waals surface area contributed by atoms with Crippen molar-refractivity contribution >= 4 is 23.4 Å². The maximum atomic E-state index is 13.6. The number of hydrogen-bond acceptors (Lipinski definition) is 6. The molecule has 1 saturated carbocycles. The van der Waals surface area contributed by atoms with Crippen molar-refractivity contribution in [3.63, 3.8) is 0 Å². The molecular formula is C27H31N3O6. The number of furan rings is 2. The Morgan fingerprint density at radius 2 is 1.72 bits per heavy atom. The maximum absolute atomic E-state index is 13.6. The van der Waals surface area contributed by atoms with Crippen LogP contribution in [0.25, 0.3) is 0 Å². The molecule has 36 heavy (non-hydrogen) atoms. The topological polar surface area (TPSA) is 114 Å². The first kappa shape index (κ1) is 25.1. The lowest BCUT2D eigenvalue weighted by atomic mass is 9.95. The van der Waals surface area contributed by atoms with Crippen LogP contribution in [0.5, 0.6) is 5.75 Å². The molecule has 0 radical (unpaired) electrons. The van der Waals surface area contributed by atoms with Crippen molar-refractivity contribution in [1.29, 1.82) is 0 Å². The summed E-state index contributed by atoms with van der Waals surface area (Å²) < 4.78 is 16.3. The first-order valence-electron chi connectivity index (χ1n) is 12.3. The smallest absolute Gasteiger partial charge is 0.287 e. The van der Waals surface area contributed by atoms with Crippen molar-refractivity contribution < 1.29 is 28.0 Å². The summed E-state index contributed by atoms with van der Waals surface area (Å²) in [7, 11) is 0. The van der Waals surface area contributed by atoms with E-state index in [0.29, 0.717) is 23.8 Å². The van der Waals surface area contributed by atoms with Crippen molar-refractivity contribution in [1.82, 2.24) is 10.6 Å². The second-order valence-electron chi connectivity index (χ2n) is 8.61. The third-order valence-corrected chi connectivity index (χ3v) is 6.11. The SMILES string of the molecule is CCOc1ccc(N(C(=O)CNC(=O)c2ccco2)[C@@H](C(=O)NC2CCCCC2)c2ccco2)cc1. The highest BCUT2D eigenvalue weighted by molar-refractivity contribution is 6.04. The molecule has 1 aromatic carbocycles. The van der Waals surface area contributed by atoms with Crippen LogP contribution in [-0.2, 0) is 9.59 Å². The summed E-state index contributed by atoms with van der Waals surface area (Å²) in [4.78, 5) is 41.0. The molecule has 1 atom stereocenters. The van der Waals surface area contributed by atoms with Gasteiger partial charge in [-0.2, -0.15) is 0 Å². The lowest BCUT2D eigenvalue weighted by Gasteiger charge is -2.32. The molecular weight excluding hydrogens is 462 g/mol. The minimum Gasteiger partial charge on any atom is -0.494 e. The summed E-state index contributed by atoms with van der Waals surface area (Å²) in [5, 5.41) is 5.69. The second kappa shape index (κ2) is 12.1. The monoisotopic (exact) mass is 493 g/mol. The molecule has 0 bridgehead atoms. The fourth-order valence-corrected chi connectivity index (χ4v) is 4.39. The van der Waals surface area contributed by atoms with Gasteiger partial charge in [-0.1, -0.05) is 19.3 Å². The minimum atomic E-state index is -1.06. The Bertz CT molecular complexity index is 1120. The Labute approximate surface area is 209 Å². The van der Waals surface area contributed by atoms with E-state index in [4.69, 9.17) is 13.6 Å². The van der Waals surface area contributed by atoms with E-state index < -0.39 is 17.9 Å². The summed E-state index contributed by atoms with van der Waals surface area (Å²) in [5.41, 5.74) is 0.468. The van der Waals surface area contributed by atoms with Crippen LogP contribution < -0.4 is 20.3 Å². The van der Waals surface area contributed by atoms with E-state index >= 15 is 0 Å². The summed E-state index contributed by atoms with van der Waals surface area (Å²) >= 11 is 0. The van der Waals surface area contributed by atoms with Crippen LogP contribution in [0.1, 0.15) is 61.4 Å². The number of rotatable bonds is 10. The Balaban J connectivity index is 1.63. The number of nitrogens with zero attached hydrogens (tertiary/aromatic N) is 1.